The highest BCUT2D eigenvalue weighted by Gasteiger charge is 2.27. The molecule has 0 bridgehead atoms. The fourth-order valence-corrected chi connectivity index (χ4v) is 6.42. The SMILES string of the molecule is CC(C)(C)C1=CCC=C(CSc2cnc(NC(=O)C3CCN(CC4CCCNC4)CC3)s2)O1. The van der Waals surface area contributed by atoms with Crippen LogP contribution in [0.1, 0.15) is 52.9 Å². The van der Waals surface area contributed by atoms with Gasteiger partial charge in [-0.25, -0.2) is 4.98 Å². The number of hydrogen-bond donors (Lipinski definition) is 2. The number of carbonyl (C=O) groups excluding carboxylic acids is 1. The summed E-state index contributed by atoms with van der Waals surface area (Å²) in [6.07, 6.45) is 11.6. The molecule has 3 aliphatic rings. The average molecular weight is 491 g/mol. The van der Waals surface area contributed by atoms with Crippen molar-refractivity contribution >= 4 is 34.1 Å². The Labute approximate surface area is 206 Å². The quantitative estimate of drug-likeness (QED) is 0.517. The monoisotopic (exact) mass is 490 g/mol. The van der Waals surface area contributed by atoms with E-state index in [0.717, 1.165) is 72.8 Å². The molecule has 0 saturated carbocycles. The Kier molecular flexibility index (Phi) is 8.54. The predicted octanol–water partition coefficient (Wildman–Crippen LogP) is 5.12. The first kappa shape index (κ1) is 24.8. The number of nitrogens with one attached hydrogen (secondary N) is 2. The van der Waals surface area contributed by atoms with Crippen molar-refractivity contribution in [3.05, 3.63) is 29.9 Å². The number of thioether (sulfide) groups is 1. The van der Waals surface area contributed by atoms with Gasteiger partial charge in [-0.2, -0.15) is 0 Å². The summed E-state index contributed by atoms with van der Waals surface area (Å²) in [5.74, 6) is 3.80. The van der Waals surface area contributed by atoms with Crippen LogP contribution in [0.25, 0.3) is 0 Å². The van der Waals surface area contributed by atoms with Crippen LogP contribution in [0.15, 0.2) is 34.1 Å². The van der Waals surface area contributed by atoms with E-state index >= 15 is 0 Å². The molecule has 2 saturated heterocycles. The Balaban J connectivity index is 1.18. The number of likely N-dealkylation sites (tertiary alicyclic amines) is 1. The van der Waals surface area contributed by atoms with Crippen LogP contribution in [0.4, 0.5) is 5.13 Å². The van der Waals surface area contributed by atoms with E-state index in [1.54, 1.807) is 23.1 Å². The van der Waals surface area contributed by atoms with Crippen molar-refractivity contribution in [1.82, 2.24) is 15.2 Å². The molecule has 0 radical (unpaired) electrons. The second-order valence-corrected chi connectivity index (χ2v) is 12.7. The van der Waals surface area contributed by atoms with Crippen LogP contribution in [-0.4, -0.2) is 54.3 Å². The number of allylic oxidation sites excluding steroid dienone is 3. The zero-order chi connectivity index (χ0) is 23.3. The van der Waals surface area contributed by atoms with Crippen LogP contribution in [0, 0.1) is 17.3 Å². The molecule has 33 heavy (non-hydrogen) atoms. The smallest absolute Gasteiger partial charge is 0.229 e. The molecule has 3 aliphatic heterocycles. The Morgan fingerprint density at radius 3 is 2.85 bits per heavy atom. The van der Waals surface area contributed by atoms with Crippen molar-refractivity contribution in [2.75, 3.05) is 43.8 Å². The largest absolute Gasteiger partial charge is 0.465 e. The molecule has 1 atom stereocenters. The number of aromatic nitrogens is 1. The van der Waals surface area contributed by atoms with E-state index in [9.17, 15) is 4.79 Å². The fourth-order valence-electron chi connectivity index (χ4n) is 4.63. The standard InChI is InChI=1S/C25H38N4O2S2/c1-25(2,3)21-8-4-7-20(31-21)17-32-22-15-27-24(33-22)28-23(30)19-9-12-29(13-10-19)16-18-6-5-11-26-14-18/h7-8,15,18-19,26H,4-6,9-14,16-17H2,1-3H3,(H,27,28,30). The Bertz CT molecular complexity index is 860. The maximum atomic E-state index is 12.8. The van der Waals surface area contributed by atoms with E-state index in [-0.39, 0.29) is 17.2 Å². The van der Waals surface area contributed by atoms with E-state index in [1.807, 2.05) is 6.20 Å². The lowest BCUT2D eigenvalue weighted by atomic mass is 9.92. The molecule has 1 aromatic heterocycles. The number of hydrogen-bond acceptors (Lipinski definition) is 7. The van der Waals surface area contributed by atoms with Crippen LogP contribution in [0.5, 0.6) is 0 Å². The summed E-state index contributed by atoms with van der Waals surface area (Å²) in [5, 5.41) is 7.27. The molecule has 0 aromatic carbocycles. The van der Waals surface area contributed by atoms with E-state index in [1.165, 1.54) is 19.4 Å². The summed E-state index contributed by atoms with van der Waals surface area (Å²) in [6.45, 7) is 12.0. The van der Waals surface area contributed by atoms with E-state index in [2.05, 4.69) is 53.4 Å². The molecule has 4 heterocycles. The second-order valence-electron chi connectivity index (χ2n) is 10.4. The Morgan fingerprint density at radius 1 is 1.30 bits per heavy atom. The van der Waals surface area contributed by atoms with Gasteiger partial charge >= 0.3 is 0 Å². The van der Waals surface area contributed by atoms with Crippen LogP contribution >= 0.6 is 23.1 Å². The van der Waals surface area contributed by atoms with Gasteiger partial charge in [0.1, 0.15) is 11.5 Å². The number of piperidine rings is 2. The summed E-state index contributed by atoms with van der Waals surface area (Å²) < 4.78 is 7.18. The van der Waals surface area contributed by atoms with Gasteiger partial charge in [0.2, 0.25) is 5.91 Å². The van der Waals surface area contributed by atoms with Gasteiger partial charge < -0.3 is 20.3 Å². The van der Waals surface area contributed by atoms with Crippen molar-refractivity contribution in [3.63, 3.8) is 0 Å². The zero-order valence-electron chi connectivity index (χ0n) is 20.2. The minimum absolute atomic E-state index is 0.0232. The number of ether oxygens (including phenoxy) is 1. The molecular weight excluding hydrogens is 452 g/mol. The van der Waals surface area contributed by atoms with Crippen molar-refractivity contribution in [2.24, 2.45) is 17.3 Å². The Hall–Kier alpha value is -1.35. The normalized spacial score (nSPS) is 22.9. The molecule has 1 amide bonds. The van der Waals surface area contributed by atoms with Crippen molar-refractivity contribution in [1.29, 1.82) is 0 Å². The number of nitrogens with zero attached hydrogens (tertiary/aromatic N) is 2. The summed E-state index contributed by atoms with van der Waals surface area (Å²) in [7, 11) is 0. The van der Waals surface area contributed by atoms with Gasteiger partial charge in [-0.3, -0.25) is 4.79 Å². The molecule has 0 aliphatic carbocycles. The lowest BCUT2D eigenvalue weighted by Gasteiger charge is -2.34. The second kappa shape index (κ2) is 11.4. The maximum absolute atomic E-state index is 12.8. The van der Waals surface area contributed by atoms with Crippen molar-refractivity contribution in [3.8, 4) is 0 Å². The number of amides is 1. The predicted molar refractivity (Wildman–Crippen MR) is 138 cm³/mol. The first-order chi connectivity index (χ1) is 15.9. The molecule has 2 fully saturated rings. The lowest BCUT2D eigenvalue weighted by molar-refractivity contribution is -0.121. The first-order valence-electron chi connectivity index (χ1n) is 12.3. The molecule has 1 unspecified atom stereocenters. The van der Waals surface area contributed by atoms with Crippen LogP contribution in [-0.2, 0) is 9.53 Å². The van der Waals surface area contributed by atoms with E-state index in [0.29, 0.717) is 5.13 Å². The summed E-state index contributed by atoms with van der Waals surface area (Å²) in [6, 6.07) is 0. The maximum Gasteiger partial charge on any atom is 0.229 e. The van der Waals surface area contributed by atoms with Gasteiger partial charge in [0.05, 0.1) is 16.2 Å². The highest BCUT2D eigenvalue weighted by atomic mass is 32.2. The Morgan fingerprint density at radius 2 is 2.12 bits per heavy atom. The van der Waals surface area contributed by atoms with Crippen molar-refractivity contribution < 1.29 is 9.53 Å². The lowest BCUT2D eigenvalue weighted by Crippen LogP contribution is -2.43. The van der Waals surface area contributed by atoms with Crippen molar-refractivity contribution in [2.45, 2.75) is 57.1 Å². The molecular formula is C25H38N4O2S2. The van der Waals surface area contributed by atoms with E-state index < -0.39 is 0 Å². The molecule has 0 spiro atoms. The summed E-state index contributed by atoms with van der Waals surface area (Å²) in [4.78, 5) is 19.8. The highest BCUT2D eigenvalue weighted by molar-refractivity contribution is 8.01. The van der Waals surface area contributed by atoms with Gasteiger partial charge in [-0.15, -0.1) is 11.8 Å². The van der Waals surface area contributed by atoms with Gasteiger partial charge in [0, 0.05) is 17.9 Å². The molecule has 4 rings (SSSR count). The molecule has 182 valence electrons. The van der Waals surface area contributed by atoms with Gasteiger partial charge in [0.25, 0.3) is 0 Å². The third kappa shape index (κ3) is 7.31. The van der Waals surface area contributed by atoms with Gasteiger partial charge in [-0.1, -0.05) is 32.1 Å². The summed E-state index contributed by atoms with van der Waals surface area (Å²) in [5.41, 5.74) is 0.0232. The minimum Gasteiger partial charge on any atom is -0.465 e. The number of rotatable bonds is 7. The van der Waals surface area contributed by atoms with Crippen LogP contribution < -0.4 is 10.6 Å². The number of carbonyl (C=O) groups is 1. The van der Waals surface area contributed by atoms with Gasteiger partial charge in [-0.05, 0) is 76.4 Å². The molecule has 1 aromatic rings. The topological polar surface area (TPSA) is 66.5 Å². The highest BCUT2D eigenvalue weighted by Crippen LogP contribution is 2.35. The third-order valence-electron chi connectivity index (χ3n) is 6.57. The average Bonchev–Trinajstić information content (AvgIpc) is 3.26. The van der Waals surface area contributed by atoms with Crippen LogP contribution in [0.3, 0.4) is 0 Å². The summed E-state index contributed by atoms with van der Waals surface area (Å²) >= 11 is 3.26. The zero-order valence-corrected chi connectivity index (χ0v) is 21.8. The third-order valence-corrected chi connectivity index (χ3v) is 8.70. The number of anilines is 1. The minimum atomic E-state index is 0.0232. The molecule has 8 heteroatoms. The first-order valence-corrected chi connectivity index (χ1v) is 14.1. The number of thiazole rings is 1. The molecule has 6 nitrogen and oxygen atoms in total. The van der Waals surface area contributed by atoms with E-state index in [4.69, 9.17) is 4.74 Å². The fraction of sp³-hybridized carbons (Fsp3) is 0.680. The van der Waals surface area contributed by atoms with Crippen LogP contribution in [0.2, 0.25) is 0 Å². The molecule has 2 N–H and O–H groups in total. The van der Waals surface area contributed by atoms with Gasteiger partial charge in [0.15, 0.2) is 5.13 Å².